The number of rotatable bonds is 2. The topological polar surface area (TPSA) is 41.7 Å². The fourth-order valence-electron chi connectivity index (χ4n) is 8.07. The van der Waals surface area contributed by atoms with Gasteiger partial charge in [0.25, 0.3) is 0 Å². The van der Waals surface area contributed by atoms with Crippen molar-refractivity contribution in [3.8, 4) is 0 Å². The van der Waals surface area contributed by atoms with Crippen molar-refractivity contribution in [2.24, 2.45) is 34.5 Å². The Balaban J connectivity index is 1.71. The lowest BCUT2D eigenvalue weighted by Crippen LogP contribution is -2.67. The maximum absolute atomic E-state index is 11.9. The van der Waals surface area contributed by atoms with Gasteiger partial charge >= 0.3 is 0 Å². The van der Waals surface area contributed by atoms with Crippen molar-refractivity contribution in [3.63, 3.8) is 0 Å². The van der Waals surface area contributed by atoms with Crippen LogP contribution in [-0.4, -0.2) is 33.0 Å². The smallest absolute Gasteiger partial charge is 0.233 e. The molecule has 0 radical (unpaired) electrons. The molecule has 0 aromatic carbocycles. The van der Waals surface area contributed by atoms with Crippen LogP contribution >= 0.6 is 0 Å². The Morgan fingerprint density at radius 1 is 1.16 bits per heavy atom. The summed E-state index contributed by atoms with van der Waals surface area (Å²) in [7, 11) is -0.833. The molecule has 0 aliphatic heterocycles. The molecule has 140 valence electrons. The van der Waals surface area contributed by atoms with Crippen LogP contribution in [0.3, 0.4) is 0 Å². The normalized spacial score (nSPS) is 55.7. The van der Waals surface area contributed by atoms with Crippen LogP contribution in [0.15, 0.2) is 0 Å². The highest BCUT2D eigenvalue weighted by Crippen LogP contribution is 2.71. The Labute approximate surface area is 155 Å². The molecule has 1 N–H and O–H groups in total. The van der Waals surface area contributed by atoms with Gasteiger partial charge in [0.2, 0.25) is 5.54 Å². The van der Waals surface area contributed by atoms with Gasteiger partial charge in [0, 0.05) is 47.5 Å². The molecule has 0 saturated heterocycles. The molecule has 5 fully saturated rings. The predicted octanol–water partition coefficient (Wildman–Crippen LogP) is 4.04. The molecular weight excluding hydrogens is 330 g/mol. The van der Waals surface area contributed by atoms with Gasteiger partial charge in [0.05, 0.1) is 6.10 Å². The van der Waals surface area contributed by atoms with Gasteiger partial charge < -0.3 is 9.95 Å². The number of aliphatic hydroxyl groups excluding tert-OH is 1. The van der Waals surface area contributed by atoms with Crippen LogP contribution in [0.25, 0.3) is 4.85 Å². The zero-order valence-electron chi connectivity index (χ0n) is 16.0. The molecule has 0 heterocycles. The van der Waals surface area contributed by atoms with Crippen LogP contribution in [0.5, 0.6) is 0 Å². The summed E-state index contributed by atoms with van der Waals surface area (Å²) < 4.78 is 11.9. The van der Waals surface area contributed by atoms with Crippen molar-refractivity contribution >= 4 is 10.8 Å². The molecule has 5 saturated carbocycles. The molecular formula is C21H33NO2S. The fraction of sp³-hybridized carbons (Fsp3) is 0.952. The van der Waals surface area contributed by atoms with Crippen LogP contribution in [0.1, 0.15) is 65.2 Å². The maximum Gasteiger partial charge on any atom is 0.233 e. The third-order valence-electron chi connectivity index (χ3n) is 9.14. The SMILES string of the molecule is [C-]#[N+][C@]1(C)CCC[C@@]2(C)[C@@H]3C[C@@H]4CC[C@@]3(CC[C@@H]21)[C@H](O)[C@H]4CS(C)=O. The van der Waals surface area contributed by atoms with Crippen LogP contribution in [0.4, 0.5) is 0 Å². The Bertz CT molecular complexity index is 630. The van der Waals surface area contributed by atoms with E-state index in [-0.39, 0.29) is 28.4 Å². The van der Waals surface area contributed by atoms with Crippen LogP contribution in [0, 0.1) is 41.1 Å². The van der Waals surface area contributed by atoms with Crippen molar-refractivity contribution in [2.75, 3.05) is 12.0 Å². The van der Waals surface area contributed by atoms with E-state index in [1.807, 2.05) is 0 Å². The Morgan fingerprint density at radius 2 is 1.88 bits per heavy atom. The number of nitrogens with zero attached hydrogens (tertiary/aromatic N) is 1. The van der Waals surface area contributed by atoms with Crippen LogP contribution in [0.2, 0.25) is 0 Å². The predicted molar refractivity (Wildman–Crippen MR) is 101 cm³/mol. The van der Waals surface area contributed by atoms with Crippen molar-refractivity contribution < 1.29 is 9.32 Å². The highest BCUT2D eigenvalue weighted by atomic mass is 32.2. The highest BCUT2D eigenvalue weighted by Gasteiger charge is 2.69. The Kier molecular flexibility index (Phi) is 4.17. The Hall–Kier alpha value is -0.400. The summed E-state index contributed by atoms with van der Waals surface area (Å²) in [6.45, 7) is 12.5. The number of fused-ring (bicyclic) bond motifs is 3. The van der Waals surface area contributed by atoms with Crippen molar-refractivity contribution in [3.05, 3.63) is 11.4 Å². The Morgan fingerprint density at radius 3 is 2.56 bits per heavy atom. The second-order valence-corrected chi connectivity index (χ2v) is 11.6. The van der Waals surface area contributed by atoms with E-state index >= 15 is 0 Å². The lowest BCUT2D eigenvalue weighted by atomic mass is 9.36. The lowest BCUT2D eigenvalue weighted by molar-refractivity contribution is -0.229. The van der Waals surface area contributed by atoms with Crippen molar-refractivity contribution in [2.45, 2.75) is 76.9 Å². The van der Waals surface area contributed by atoms with E-state index in [2.05, 4.69) is 18.7 Å². The molecule has 5 aliphatic rings. The summed E-state index contributed by atoms with van der Waals surface area (Å²) >= 11 is 0. The van der Waals surface area contributed by atoms with Crippen LogP contribution in [-0.2, 0) is 10.8 Å². The van der Waals surface area contributed by atoms with Gasteiger partial charge in [-0.15, -0.1) is 0 Å². The molecule has 0 amide bonds. The molecule has 5 rings (SSSR count). The van der Waals surface area contributed by atoms with Gasteiger partial charge in [-0.1, -0.05) is 6.92 Å². The van der Waals surface area contributed by atoms with Gasteiger partial charge in [-0.2, -0.15) is 0 Å². The summed E-state index contributed by atoms with van der Waals surface area (Å²) in [5.41, 5.74) is 0.0245. The first-order valence-corrected chi connectivity index (χ1v) is 11.9. The molecule has 4 heteroatoms. The second kappa shape index (κ2) is 5.80. The summed E-state index contributed by atoms with van der Waals surface area (Å²) in [5, 5.41) is 11.4. The average molecular weight is 364 g/mol. The van der Waals surface area contributed by atoms with Gasteiger partial charge in [-0.25, -0.2) is 6.57 Å². The van der Waals surface area contributed by atoms with Crippen molar-refractivity contribution in [1.29, 1.82) is 0 Å². The average Bonchev–Trinajstić information content (AvgIpc) is 2.57. The fourth-order valence-corrected chi connectivity index (χ4v) is 9.07. The van der Waals surface area contributed by atoms with Gasteiger partial charge in [-0.3, -0.25) is 4.21 Å². The van der Waals surface area contributed by atoms with E-state index in [1.165, 1.54) is 19.3 Å². The quantitative estimate of drug-likeness (QED) is 0.753. The summed E-state index contributed by atoms with van der Waals surface area (Å²) in [6, 6.07) is 0. The van der Waals surface area contributed by atoms with Gasteiger partial charge in [0.15, 0.2) is 0 Å². The molecule has 2 bridgehead atoms. The zero-order valence-corrected chi connectivity index (χ0v) is 16.8. The summed E-state index contributed by atoms with van der Waals surface area (Å²) in [6.07, 6.45) is 10.6. The van der Waals surface area contributed by atoms with E-state index in [4.69, 9.17) is 6.57 Å². The van der Waals surface area contributed by atoms with E-state index in [1.54, 1.807) is 6.26 Å². The minimum absolute atomic E-state index is 0.0321. The number of hydrogen-bond acceptors (Lipinski definition) is 2. The minimum Gasteiger partial charge on any atom is -0.392 e. The van der Waals surface area contributed by atoms with E-state index < -0.39 is 10.8 Å². The minimum atomic E-state index is -0.833. The molecule has 0 aromatic heterocycles. The largest absolute Gasteiger partial charge is 0.392 e. The van der Waals surface area contributed by atoms with Gasteiger partial charge in [0.1, 0.15) is 0 Å². The summed E-state index contributed by atoms with van der Waals surface area (Å²) in [4.78, 5) is 4.13. The monoisotopic (exact) mass is 363 g/mol. The van der Waals surface area contributed by atoms with E-state index in [0.717, 1.165) is 32.1 Å². The second-order valence-electron chi connectivity index (χ2n) is 10.1. The molecule has 1 spiro atoms. The van der Waals surface area contributed by atoms with Gasteiger partial charge in [-0.05, 0) is 68.1 Å². The third kappa shape index (κ3) is 2.34. The third-order valence-corrected chi connectivity index (χ3v) is 9.99. The molecule has 1 unspecified atom stereocenters. The van der Waals surface area contributed by atoms with E-state index in [0.29, 0.717) is 23.5 Å². The van der Waals surface area contributed by atoms with Crippen molar-refractivity contribution in [1.82, 2.24) is 0 Å². The lowest BCUT2D eigenvalue weighted by Gasteiger charge is -2.68. The number of aliphatic hydroxyl groups is 1. The molecule has 25 heavy (non-hydrogen) atoms. The zero-order chi connectivity index (χ0) is 18.0. The molecule has 9 atom stereocenters. The standard InChI is InChI=1S/C21H33NO2S/c1-19-8-5-9-20(2,22-3)16(19)7-11-21-10-6-14(12-17(19)21)15(18(21)23)13-25(4)24/h14-18,23H,5-13H2,1-2,4H3/t14-,15-,16-,17-,18+,19+,20+,21-,25?/m0/s1. The molecule has 3 nitrogen and oxygen atoms in total. The summed E-state index contributed by atoms with van der Waals surface area (Å²) in [5.74, 6) is 2.46. The van der Waals surface area contributed by atoms with E-state index in [9.17, 15) is 9.32 Å². The first-order valence-electron chi connectivity index (χ1n) is 10.1. The first kappa shape index (κ1) is 18.0. The highest BCUT2D eigenvalue weighted by molar-refractivity contribution is 7.84. The van der Waals surface area contributed by atoms with Crippen LogP contribution < -0.4 is 0 Å². The maximum atomic E-state index is 11.9. The number of hydrogen-bond donors (Lipinski definition) is 1. The first-order chi connectivity index (χ1) is 11.8. The molecule has 5 aliphatic carbocycles. The molecule has 0 aromatic rings.